The SMILES string of the molecule is CC(=O)C(C)=NN. The van der Waals surface area contributed by atoms with Gasteiger partial charge in [-0.15, -0.1) is 0 Å². The standard InChI is InChI=1S/C4H8N2O/c1-3(6-5)4(2)7/h5H2,1-2H3. The Hall–Kier alpha value is -0.860. The minimum absolute atomic E-state index is 0.0810. The number of Topliss-reactive ketones (excluding diaryl/α,β-unsaturated/α-hetero) is 1. The van der Waals surface area contributed by atoms with Crippen molar-refractivity contribution in [2.24, 2.45) is 10.9 Å². The normalized spacial score (nSPS) is 11.4. The summed E-state index contributed by atoms with van der Waals surface area (Å²) in [5.74, 6) is 4.66. The van der Waals surface area contributed by atoms with Crippen molar-refractivity contribution < 1.29 is 4.79 Å². The molecule has 7 heavy (non-hydrogen) atoms. The number of nitrogens with two attached hydrogens (primary N) is 1. The van der Waals surface area contributed by atoms with Crippen LogP contribution in [0, 0.1) is 0 Å². The van der Waals surface area contributed by atoms with E-state index in [1.54, 1.807) is 6.92 Å². The number of carbonyl (C=O) groups is 1. The molecule has 0 aromatic carbocycles. The summed E-state index contributed by atoms with van der Waals surface area (Å²) in [6.07, 6.45) is 0. The molecule has 0 aromatic heterocycles. The second-order valence-corrected chi connectivity index (χ2v) is 1.27. The Morgan fingerprint density at radius 1 is 1.57 bits per heavy atom. The molecule has 0 rings (SSSR count). The van der Waals surface area contributed by atoms with Crippen molar-refractivity contribution in [3.63, 3.8) is 0 Å². The predicted octanol–water partition coefficient (Wildman–Crippen LogP) is -0.0900. The number of carbonyl (C=O) groups excluding carboxylic acids is 1. The summed E-state index contributed by atoms with van der Waals surface area (Å²) in [5, 5.41) is 3.16. The van der Waals surface area contributed by atoms with Crippen LogP contribution in [0.25, 0.3) is 0 Å². The van der Waals surface area contributed by atoms with Gasteiger partial charge in [-0.25, -0.2) is 0 Å². The molecule has 0 aromatic rings. The lowest BCUT2D eigenvalue weighted by Gasteiger charge is -1.83. The third-order valence-corrected chi connectivity index (χ3v) is 0.703. The van der Waals surface area contributed by atoms with Crippen molar-refractivity contribution in [2.75, 3.05) is 0 Å². The first kappa shape index (κ1) is 6.14. The lowest BCUT2D eigenvalue weighted by atomic mass is 10.3. The zero-order valence-corrected chi connectivity index (χ0v) is 4.43. The van der Waals surface area contributed by atoms with Gasteiger partial charge in [0.2, 0.25) is 0 Å². The second kappa shape index (κ2) is 2.34. The van der Waals surface area contributed by atoms with E-state index >= 15 is 0 Å². The number of rotatable bonds is 1. The summed E-state index contributed by atoms with van der Waals surface area (Å²) >= 11 is 0. The molecule has 0 unspecified atom stereocenters. The molecule has 40 valence electrons. The third-order valence-electron chi connectivity index (χ3n) is 0.703. The molecule has 0 radical (unpaired) electrons. The Bertz CT molecular complexity index is 106. The lowest BCUT2D eigenvalue weighted by Crippen LogP contribution is -2.06. The first-order chi connectivity index (χ1) is 3.18. The van der Waals surface area contributed by atoms with Crippen LogP contribution in [0.1, 0.15) is 13.8 Å². The number of hydrazone groups is 1. The summed E-state index contributed by atoms with van der Waals surface area (Å²) in [6, 6.07) is 0. The van der Waals surface area contributed by atoms with E-state index in [0.717, 1.165) is 0 Å². The van der Waals surface area contributed by atoms with Gasteiger partial charge in [0.05, 0.1) is 5.71 Å². The van der Waals surface area contributed by atoms with Crippen molar-refractivity contribution in [2.45, 2.75) is 13.8 Å². The van der Waals surface area contributed by atoms with Crippen molar-refractivity contribution >= 4 is 11.5 Å². The maximum Gasteiger partial charge on any atom is 0.175 e. The molecule has 0 bridgehead atoms. The van der Waals surface area contributed by atoms with E-state index in [0.29, 0.717) is 5.71 Å². The fraction of sp³-hybridized carbons (Fsp3) is 0.500. The van der Waals surface area contributed by atoms with Gasteiger partial charge in [-0.05, 0) is 6.92 Å². The molecular weight excluding hydrogens is 92.1 g/mol. The molecule has 0 atom stereocenters. The molecule has 0 saturated carbocycles. The van der Waals surface area contributed by atoms with E-state index in [-0.39, 0.29) is 5.78 Å². The molecule has 0 fully saturated rings. The van der Waals surface area contributed by atoms with Crippen molar-refractivity contribution in [1.29, 1.82) is 0 Å². The monoisotopic (exact) mass is 100 g/mol. The fourth-order valence-corrected chi connectivity index (χ4v) is 0.0909. The van der Waals surface area contributed by atoms with Crippen LogP contribution in [-0.2, 0) is 4.79 Å². The quantitative estimate of drug-likeness (QED) is 0.284. The molecular formula is C4H8N2O. The Morgan fingerprint density at radius 3 is 2.00 bits per heavy atom. The van der Waals surface area contributed by atoms with Crippen LogP contribution in [-0.4, -0.2) is 11.5 Å². The molecule has 3 heteroatoms. The van der Waals surface area contributed by atoms with Crippen LogP contribution >= 0.6 is 0 Å². The zero-order chi connectivity index (χ0) is 5.86. The Kier molecular flexibility index (Phi) is 2.05. The summed E-state index contributed by atoms with van der Waals surface area (Å²) in [4.78, 5) is 10.2. The third kappa shape index (κ3) is 1.92. The highest BCUT2D eigenvalue weighted by Gasteiger charge is 1.92. The van der Waals surface area contributed by atoms with E-state index in [1.165, 1.54) is 6.92 Å². The maximum absolute atomic E-state index is 10.2. The molecule has 0 amide bonds. The van der Waals surface area contributed by atoms with Crippen LogP contribution in [0.5, 0.6) is 0 Å². The summed E-state index contributed by atoms with van der Waals surface area (Å²) < 4.78 is 0. The topological polar surface area (TPSA) is 55.5 Å². The predicted molar refractivity (Wildman–Crippen MR) is 28.0 cm³/mol. The number of hydrogen-bond donors (Lipinski definition) is 1. The molecule has 0 heterocycles. The Morgan fingerprint density at radius 2 is 2.00 bits per heavy atom. The summed E-state index contributed by atoms with van der Waals surface area (Å²) in [7, 11) is 0. The first-order valence-electron chi connectivity index (χ1n) is 1.94. The molecule has 0 aliphatic heterocycles. The van der Waals surface area contributed by atoms with Crippen molar-refractivity contribution in [1.82, 2.24) is 0 Å². The largest absolute Gasteiger partial charge is 0.323 e. The average Bonchev–Trinajstić information content (AvgIpc) is 1.65. The van der Waals surface area contributed by atoms with Gasteiger partial charge in [0.1, 0.15) is 0 Å². The average molecular weight is 100 g/mol. The molecule has 0 aliphatic carbocycles. The molecule has 3 nitrogen and oxygen atoms in total. The van der Waals surface area contributed by atoms with Gasteiger partial charge in [-0.2, -0.15) is 5.10 Å². The van der Waals surface area contributed by atoms with Gasteiger partial charge in [0.25, 0.3) is 0 Å². The van der Waals surface area contributed by atoms with Crippen LogP contribution in [0.4, 0.5) is 0 Å². The van der Waals surface area contributed by atoms with Gasteiger partial charge in [-0.1, -0.05) is 0 Å². The second-order valence-electron chi connectivity index (χ2n) is 1.27. The van der Waals surface area contributed by atoms with Gasteiger partial charge in [-0.3, -0.25) is 4.79 Å². The minimum Gasteiger partial charge on any atom is -0.323 e. The van der Waals surface area contributed by atoms with E-state index in [4.69, 9.17) is 5.84 Å². The van der Waals surface area contributed by atoms with Crippen LogP contribution in [0.2, 0.25) is 0 Å². The van der Waals surface area contributed by atoms with Gasteiger partial charge in [0.15, 0.2) is 5.78 Å². The van der Waals surface area contributed by atoms with Gasteiger partial charge in [0, 0.05) is 6.92 Å². The van der Waals surface area contributed by atoms with Crippen LogP contribution < -0.4 is 5.84 Å². The van der Waals surface area contributed by atoms with Gasteiger partial charge >= 0.3 is 0 Å². The van der Waals surface area contributed by atoms with E-state index in [9.17, 15) is 4.79 Å². The van der Waals surface area contributed by atoms with Gasteiger partial charge < -0.3 is 5.84 Å². The number of nitrogens with zero attached hydrogens (tertiary/aromatic N) is 1. The molecule has 0 spiro atoms. The van der Waals surface area contributed by atoms with Crippen LogP contribution in [0.3, 0.4) is 0 Å². The smallest absolute Gasteiger partial charge is 0.175 e. The Labute approximate surface area is 42.2 Å². The first-order valence-corrected chi connectivity index (χ1v) is 1.94. The lowest BCUT2D eigenvalue weighted by molar-refractivity contribution is -0.111. The highest BCUT2D eigenvalue weighted by atomic mass is 16.1. The zero-order valence-electron chi connectivity index (χ0n) is 4.43. The molecule has 0 saturated heterocycles. The maximum atomic E-state index is 10.2. The number of ketones is 1. The van der Waals surface area contributed by atoms with Crippen molar-refractivity contribution in [3.05, 3.63) is 0 Å². The highest BCUT2D eigenvalue weighted by Crippen LogP contribution is 1.71. The Balaban J connectivity index is 3.82. The molecule has 0 aliphatic rings. The van der Waals surface area contributed by atoms with Crippen molar-refractivity contribution in [3.8, 4) is 0 Å². The fourth-order valence-electron chi connectivity index (χ4n) is 0.0909. The van der Waals surface area contributed by atoms with Crippen LogP contribution in [0.15, 0.2) is 5.10 Å². The minimum atomic E-state index is -0.0810. The summed E-state index contributed by atoms with van der Waals surface area (Å²) in [6.45, 7) is 2.99. The van der Waals surface area contributed by atoms with E-state index in [1.807, 2.05) is 0 Å². The molecule has 2 N–H and O–H groups in total. The summed E-state index contributed by atoms with van der Waals surface area (Å²) in [5.41, 5.74) is 0.361. The highest BCUT2D eigenvalue weighted by molar-refractivity contribution is 6.37. The van der Waals surface area contributed by atoms with E-state index < -0.39 is 0 Å². The van der Waals surface area contributed by atoms with E-state index in [2.05, 4.69) is 5.10 Å². The number of hydrogen-bond acceptors (Lipinski definition) is 3.